The van der Waals surface area contributed by atoms with Crippen molar-refractivity contribution in [3.8, 4) is 0 Å². The van der Waals surface area contributed by atoms with Gasteiger partial charge in [-0.2, -0.15) is 0 Å². The first-order valence-electron chi connectivity index (χ1n) is 4.59. The smallest absolute Gasteiger partial charge is 0.239 e. The fraction of sp³-hybridized carbons (Fsp3) is 0.300. The molecule has 0 fully saturated rings. The maximum absolute atomic E-state index is 13.1. The number of hydrogen-bond acceptors (Lipinski definition) is 2. The van der Waals surface area contributed by atoms with Gasteiger partial charge < -0.3 is 10.6 Å². The van der Waals surface area contributed by atoms with E-state index in [-0.39, 0.29) is 18.3 Å². The molecule has 1 aromatic carbocycles. The zero-order valence-electron chi connectivity index (χ0n) is 8.31. The number of carbonyl (C=O) groups is 1. The van der Waals surface area contributed by atoms with Crippen molar-refractivity contribution in [1.82, 2.24) is 5.32 Å². The van der Waals surface area contributed by atoms with E-state index in [1.54, 1.807) is 12.1 Å². The van der Waals surface area contributed by atoms with E-state index in [9.17, 15) is 9.18 Å². The lowest BCUT2D eigenvalue weighted by atomic mass is 10.3. The number of amides is 1. The second-order valence-electron chi connectivity index (χ2n) is 2.94. The minimum absolute atomic E-state index is 0.110. The van der Waals surface area contributed by atoms with Crippen molar-refractivity contribution in [3.05, 3.63) is 28.5 Å². The number of carbonyl (C=O) groups excluding carboxylic acids is 1. The Hall–Kier alpha value is -1.10. The molecule has 0 aliphatic rings. The van der Waals surface area contributed by atoms with Gasteiger partial charge in [0.05, 0.1) is 11.0 Å². The number of likely N-dealkylation sites (N-methyl/N-ethyl adjacent to an activating group) is 1. The van der Waals surface area contributed by atoms with Gasteiger partial charge in [-0.3, -0.25) is 4.79 Å². The van der Waals surface area contributed by atoms with Crippen LogP contribution in [0.2, 0.25) is 0 Å². The third-order valence-electron chi connectivity index (χ3n) is 1.75. The maximum Gasteiger partial charge on any atom is 0.239 e. The maximum atomic E-state index is 13.1. The number of benzene rings is 1. The van der Waals surface area contributed by atoms with Crippen molar-refractivity contribution in [2.75, 3.05) is 18.4 Å². The largest absolute Gasteiger partial charge is 0.376 e. The van der Waals surface area contributed by atoms with E-state index in [1.807, 2.05) is 6.92 Å². The fourth-order valence-electron chi connectivity index (χ4n) is 1.05. The molecule has 0 atom stereocenters. The molecule has 0 aromatic heterocycles. The van der Waals surface area contributed by atoms with Gasteiger partial charge in [-0.25, -0.2) is 4.39 Å². The zero-order chi connectivity index (χ0) is 11.3. The molecule has 15 heavy (non-hydrogen) atoms. The highest BCUT2D eigenvalue weighted by Gasteiger charge is 2.02. The van der Waals surface area contributed by atoms with Gasteiger partial charge in [0.25, 0.3) is 0 Å². The molecular formula is C10H12BrFN2O. The highest BCUT2D eigenvalue weighted by atomic mass is 79.9. The molecule has 1 amide bonds. The van der Waals surface area contributed by atoms with Gasteiger partial charge in [-0.1, -0.05) is 0 Å². The van der Waals surface area contributed by atoms with Crippen LogP contribution < -0.4 is 10.6 Å². The van der Waals surface area contributed by atoms with Crippen molar-refractivity contribution < 1.29 is 9.18 Å². The second kappa shape index (κ2) is 5.70. The van der Waals surface area contributed by atoms with Crippen molar-refractivity contribution >= 4 is 27.5 Å². The molecule has 5 heteroatoms. The third kappa shape index (κ3) is 3.87. The summed E-state index contributed by atoms with van der Waals surface area (Å²) in [6.07, 6.45) is 0. The topological polar surface area (TPSA) is 41.1 Å². The predicted octanol–water partition coefficient (Wildman–Crippen LogP) is 2.14. The zero-order valence-corrected chi connectivity index (χ0v) is 9.90. The van der Waals surface area contributed by atoms with E-state index in [4.69, 9.17) is 0 Å². The number of nitrogens with one attached hydrogen (secondary N) is 2. The molecule has 0 aliphatic carbocycles. The first kappa shape index (κ1) is 12.0. The third-order valence-corrected chi connectivity index (χ3v) is 2.39. The van der Waals surface area contributed by atoms with E-state index in [2.05, 4.69) is 26.6 Å². The summed E-state index contributed by atoms with van der Waals surface area (Å²) in [5, 5.41) is 5.46. The molecule has 0 saturated heterocycles. The van der Waals surface area contributed by atoms with E-state index in [0.717, 1.165) is 0 Å². The van der Waals surface area contributed by atoms with Crippen molar-refractivity contribution in [3.63, 3.8) is 0 Å². The van der Waals surface area contributed by atoms with Crippen LogP contribution in [0.15, 0.2) is 22.7 Å². The summed E-state index contributed by atoms with van der Waals surface area (Å²) in [6, 6.07) is 4.63. The van der Waals surface area contributed by atoms with Gasteiger partial charge in [-0.15, -0.1) is 0 Å². The Morgan fingerprint density at radius 2 is 2.27 bits per heavy atom. The van der Waals surface area contributed by atoms with Crippen LogP contribution in [-0.2, 0) is 4.79 Å². The van der Waals surface area contributed by atoms with Crippen LogP contribution in [-0.4, -0.2) is 19.0 Å². The van der Waals surface area contributed by atoms with Crippen molar-refractivity contribution in [2.45, 2.75) is 6.92 Å². The molecule has 0 bridgehead atoms. The minimum atomic E-state index is -0.351. The molecule has 3 nitrogen and oxygen atoms in total. The number of rotatable bonds is 4. The number of hydrogen-bond donors (Lipinski definition) is 2. The minimum Gasteiger partial charge on any atom is -0.376 e. The molecular weight excluding hydrogens is 263 g/mol. The second-order valence-corrected chi connectivity index (χ2v) is 3.79. The summed E-state index contributed by atoms with van der Waals surface area (Å²) in [5.41, 5.74) is 0.585. The van der Waals surface area contributed by atoms with E-state index >= 15 is 0 Å². The van der Waals surface area contributed by atoms with E-state index in [0.29, 0.717) is 16.7 Å². The summed E-state index contributed by atoms with van der Waals surface area (Å²) in [6.45, 7) is 2.58. The molecule has 0 aliphatic heterocycles. The molecule has 0 unspecified atom stereocenters. The Bertz CT molecular complexity index is 357. The van der Waals surface area contributed by atoms with Crippen LogP contribution in [0, 0.1) is 5.82 Å². The molecule has 0 spiro atoms. The Morgan fingerprint density at radius 3 is 2.87 bits per heavy atom. The average molecular weight is 275 g/mol. The first-order valence-corrected chi connectivity index (χ1v) is 5.38. The molecule has 0 radical (unpaired) electrons. The molecule has 0 heterocycles. The van der Waals surface area contributed by atoms with Crippen LogP contribution in [0.4, 0.5) is 10.1 Å². The van der Waals surface area contributed by atoms with Crippen LogP contribution in [0.5, 0.6) is 0 Å². The van der Waals surface area contributed by atoms with E-state index < -0.39 is 0 Å². The summed E-state index contributed by atoms with van der Waals surface area (Å²) in [4.78, 5) is 11.1. The Balaban J connectivity index is 2.51. The van der Waals surface area contributed by atoms with Gasteiger partial charge in [0, 0.05) is 12.2 Å². The monoisotopic (exact) mass is 274 g/mol. The van der Waals surface area contributed by atoms with Gasteiger partial charge in [0.15, 0.2) is 0 Å². The van der Waals surface area contributed by atoms with Crippen LogP contribution >= 0.6 is 15.9 Å². The van der Waals surface area contributed by atoms with Gasteiger partial charge in [-0.05, 0) is 41.1 Å². The molecule has 2 N–H and O–H groups in total. The first-order chi connectivity index (χ1) is 7.13. The fourth-order valence-corrected chi connectivity index (χ4v) is 1.29. The molecule has 1 rings (SSSR count). The van der Waals surface area contributed by atoms with Crippen LogP contribution in [0.25, 0.3) is 0 Å². The highest BCUT2D eigenvalue weighted by molar-refractivity contribution is 9.10. The molecule has 0 saturated carbocycles. The molecule has 82 valence electrons. The summed E-state index contributed by atoms with van der Waals surface area (Å²) in [5.74, 6) is -0.461. The number of anilines is 1. The molecule has 1 aromatic rings. The average Bonchev–Trinajstić information content (AvgIpc) is 2.20. The van der Waals surface area contributed by atoms with Crippen LogP contribution in [0.1, 0.15) is 6.92 Å². The Morgan fingerprint density at radius 1 is 1.53 bits per heavy atom. The Kier molecular flexibility index (Phi) is 4.55. The summed E-state index contributed by atoms with van der Waals surface area (Å²) >= 11 is 3.05. The van der Waals surface area contributed by atoms with Gasteiger partial charge in [0.1, 0.15) is 5.82 Å². The standard InChI is InChI=1S/C10H12BrFN2O/c1-2-13-10(15)6-14-7-3-4-8(11)9(12)5-7/h3-5,14H,2,6H2,1H3,(H,13,15). The van der Waals surface area contributed by atoms with Crippen LogP contribution in [0.3, 0.4) is 0 Å². The SMILES string of the molecule is CCNC(=O)CNc1ccc(Br)c(F)c1. The van der Waals surface area contributed by atoms with Gasteiger partial charge >= 0.3 is 0 Å². The number of halogens is 2. The lowest BCUT2D eigenvalue weighted by Crippen LogP contribution is -2.29. The van der Waals surface area contributed by atoms with Gasteiger partial charge in [0.2, 0.25) is 5.91 Å². The predicted molar refractivity (Wildman–Crippen MR) is 61.3 cm³/mol. The Labute approximate surface area is 96.2 Å². The van der Waals surface area contributed by atoms with E-state index in [1.165, 1.54) is 6.07 Å². The lowest BCUT2D eigenvalue weighted by molar-refractivity contribution is -0.119. The summed E-state index contributed by atoms with van der Waals surface area (Å²) < 4.78 is 13.5. The van der Waals surface area contributed by atoms with Crippen molar-refractivity contribution in [1.29, 1.82) is 0 Å². The summed E-state index contributed by atoms with van der Waals surface area (Å²) in [7, 11) is 0. The highest BCUT2D eigenvalue weighted by Crippen LogP contribution is 2.18. The van der Waals surface area contributed by atoms with Crippen molar-refractivity contribution in [2.24, 2.45) is 0 Å². The lowest BCUT2D eigenvalue weighted by Gasteiger charge is -2.06. The normalized spacial score (nSPS) is 9.80. The quantitative estimate of drug-likeness (QED) is 0.883.